The number of aliphatic carboxylic acids is 1. The van der Waals surface area contributed by atoms with E-state index in [1.807, 2.05) is 42.6 Å². The Morgan fingerprint density at radius 3 is 2.68 bits per heavy atom. The first-order valence-corrected chi connectivity index (χ1v) is 21.0. The molecule has 2 N–H and O–H groups in total. The van der Waals surface area contributed by atoms with Crippen molar-refractivity contribution in [1.82, 2.24) is 9.88 Å². The highest BCUT2D eigenvalue weighted by molar-refractivity contribution is 6.31. The summed E-state index contributed by atoms with van der Waals surface area (Å²) in [6.45, 7) is 7.05. The zero-order chi connectivity index (χ0) is 39.0. The largest absolute Gasteiger partial charge is 0.493 e. The number of nitrogens with zero attached hydrogens (tertiary/aromatic N) is 2. The minimum Gasteiger partial charge on any atom is -0.493 e. The Labute approximate surface area is 340 Å². The highest BCUT2D eigenvalue weighted by Crippen LogP contribution is 2.58. The van der Waals surface area contributed by atoms with E-state index in [9.17, 15) is 9.90 Å². The summed E-state index contributed by atoms with van der Waals surface area (Å²) in [4.78, 5) is 20.0. The van der Waals surface area contributed by atoms with Gasteiger partial charge in [0.2, 0.25) is 0 Å². The molecule has 2 heterocycles. The van der Waals surface area contributed by atoms with Crippen molar-refractivity contribution in [1.29, 1.82) is 0 Å². The summed E-state index contributed by atoms with van der Waals surface area (Å²) in [6.07, 6.45) is 9.39. The minimum atomic E-state index is -1.10. The van der Waals surface area contributed by atoms with Gasteiger partial charge in [0.1, 0.15) is 24.0 Å². The second-order valence-electron chi connectivity index (χ2n) is 17.0. The number of halogens is 2. The van der Waals surface area contributed by atoms with E-state index in [1.54, 1.807) is 12.1 Å². The molecular weight excluding hydrogens is 745 g/mol. The molecule has 8 rings (SSSR count). The maximum atomic E-state index is 13.1. The lowest BCUT2D eigenvalue weighted by Crippen LogP contribution is -2.53. The molecule has 4 aliphatic rings. The third-order valence-electron chi connectivity index (χ3n) is 13.0. The molecule has 4 atom stereocenters. The van der Waals surface area contributed by atoms with E-state index >= 15 is 0 Å². The lowest BCUT2D eigenvalue weighted by molar-refractivity contribution is -0.144. The van der Waals surface area contributed by atoms with Gasteiger partial charge in [-0.25, -0.2) is 4.79 Å². The number of aromatic nitrogens is 1. The number of fused-ring (bicyclic) bond motifs is 4. The maximum absolute atomic E-state index is 13.1. The van der Waals surface area contributed by atoms with E-state index in [0.29, 0.717) is 56.0 Å². The molecule has 296 valence electrons. The van der Waals surface area contributed by atoms with Crippen LogP contribution in [0.15, 0.2) is 72.9 Å². The molecule has 0 saturated heterocycles. The number of carboxylic acid groups (broad SMARTS) is 1. The minimum absolute atomic E-state index is 0.145. The third-order valence-corrected chi connectivity index (χ3v) is 13.6. The molecule has 0 bridgehead atoms. The molecule has 0 unspecified atom stereocenters. The highest BCUT2D eigenvalue weighted by Gasteiger charge is 2.54. The standard InChI is InChI=1S/C46H53Cl2N3O5/c1-29(27-54-40-14-19-49-39-13-6-8-30(2)43(39)40)20-33-21-32-22-41-42(56-36(28-55-41)26-51(3)25-31-9-4-5-12-38(31)48)24-37(32)45(33)15-17-46(18-16-45,44(52)53)50-35-11-7-10-34(47)23-35/h4-5,7,9-12,14,19,22-24,29-30,33,36,50H,6,8,13,15-18,20-21,25-28H2,1-3H3,(H,52,53)/t29-,30-,33+,36-,45?,46?/m1/s1. The Bertz CT molecular complexity index is 2070. The van der Waals surface area contributed by atoms with Crippen LogP contribution in [0.25, 0.3) is 0 Å². The first-order chi connectivity index (χ1) is 27.0. The molecular formula is C46H53Cl2N3O5. The second-order valence-corrected chi connectivity index (χ2v) is 17.8. The van der Waals surface area contributed by atoms with Crippen LogP contribution < -0.4 is 19.5 Å². The van der Waals surface area contributed by atoms with Gasteiger partial charge in [0.25, 0.3) is 0 Å². The number of anilines is 1. The van der Waals surface area contributed by atoms with Crippen molar-refractivity contribution in [2.45, 2.75) is 101 Å². The number of carbonyl (C=O) groups is 1. The quantitative estimate of drug-likeness (QED) is 0.146. The predicted octanol–water partition coefficient (Wildman–Crippen LogP) is 10.1. The Morgan fingerprint density at radius 2 is 1.89 bits per heavy atom. The molecule has 1 aromatic heterocycles. The molecule has 10 heteroatoms. The van der Waals surface area contributed by atoms with Crippen molar-refractivity contribution in [3.8, 4) is 17.2 Å². The fourth-order valence-electron chi connectivity index (χ4n) is 10.1. The lowest BCUT2D eigenvalue weighted by Gasteiger charge is -2.47. The summed E-state index contributed by atoms with van der Waals surface area (Å²) in [5.41, 5.74) is 5.51. The smallest absolute Gasteiger partial charge is 0.329 e. The summed E-state index contributed by atoms with van der Waals surface area (Å²) in [5, 5.41) is 15.5. The van der Waals surface area contributed by atoms with Crippen molar-refractivity contribution in [3.63, 3.8) is 0 Å². The number of likely N-dealkylation sites (N-methyl/N-ethyl adjacent to an activating group) is 1. The van der Waals surface area contributed by atoms with Crippen LogP contribution in [0.4, 0.5) is 5.69 Å². The molecule has 3 aliphatic carbocycles. The monoisotopic (exact) mass is 797 g/mol. The number of nitrogens with one attached hydrogen (secondary N) is 1. The van der Waals surface area contributed by atoms with Gasteiger partial charge in [-0.2, -0.15) is 0 Å². The summed E-state index contributed by atoms with van der Waals surface area (Å²) in [7, 11) is 2.08. The van der Waals surface area contributed by atoms with Gasteiger partial charge in [-0.3, -0.25) is 9.88 Å². The Balaban J connectivity index is 1.04. The van der Waals surface area contributed by atoms with Crippen molar-refractivity contribution < 1.29 is 24.1 Å². The molecule has 1 spiro atoms. The van der Waals surface area contributed by atoms with Crippen LogP contribution >= 0.6 is 23.2 Å². The van der Waals surface area contributed by atoms with Crippen LogP contribution in [-0.4, -0.2) is 59.4 Å². The second kappa shape index (κ2) is 16.1. The predicted molar refractivity (Wildman–Crippen MR) is 222 cm³/mol. The van der Waals surface area contributed by atoms with Gasteiger partial charge in [-0.1, -0.05) is 61.3 Å². The van der Waals surface area contributed by atoms with E-state index in [2.05, 4.69) is 54.3 Å². The van der Waals surface area contributed by atoms with Gasteiger partial charge in [0, 0.05) is 46.3 Å². The normalized spacial score (nSPS) is 25.7. The van der Waals surface area contributed by atoms with Crippen LogP contribution in [0, 0.1) is 11.8 Å². The first kappa shape index (κ1) is 38.9. The topological polar surface area (TPSA) is 93.2 Å². The van der Waals surface area contributed by atoms with E-state index in [0.717, 1.165) is 72.0 Å². The number of pyridine rings is 1. The van der Waals surface area contributed by atoms with E-state index in [-0.39, 0.29) is 17.4 Å². The maximum Gasteiger partial charge on any atom is 0.329 e. The van der Waals surface area contributed by atoms with Crippen LogP contribution in [0.2, 0.25) is 10.0 Å². The molecule has 1 fully saturated rings. The Hall–Kier alpha value is -3.98. The number of ether oxygens (including phenoxy) is 3. The first-order valence-electron chi connectivity index (χ1n) is 20.3. The summed E-state index contributed by atoms with van der Waals surface area (Å²) < 4.78 is 19.7. The van der Waals surface area contributed by atoms with Crippen LogP contribution in [0.1, 0.15) is 92.7 Å². The lowest BCUT2D eigenvalue weighted by atomic mass is 9.59. The highest BCUT2D eigenvalue weighted by atomic mass is 35.5. The molecule has 8 nitrogen and oxygen atoms in total. The van der Waals surface area contributed by atoms with E-state index in [4.69, 9.17) is 37.4 Å². The van der Waals surface area contributed by atoms with E-state index in [1.165, 1.54) is 28.8 Å². The van der Waals surface area contributed by atoms with Gasteiger partial charge in [-0.05, 0) is 147 Å². The number of hydrogen-bond acceptors (Lipinski definition) is 7. The molecule has 56 heavy (non-hydrogen) atoms. The van der Waals surface area contributed by atoms with Crippen LogP contribution in [-0.2, 0) is 29.6 Å². The van der Waals surface area contributed by atoms with Crippen molar-refractivity contribution in [2.24, 2.45) is 11.8 Å². The summed E-state index contributed by atoms with van der Waals surface area (Å²) >= 11 is 12.8. The van der Waals surface area contributed by atoms with Gasteiger partial charge < -0.3 is 24.6 Å². The van der Waals surface area contributed by atoms with Crippen LogP contribution in [0.5, 0.6) is 17.2 Å². The molecule has 3 aromatic carbocycles. The average Bonchev–Trinajstić information content (AvgIpc) is 3.45. The molecule has 1 aliphatic heterocycles. The van der Waals surface area contributed by atoms with E-state index < -0.39 is 11.5 Å². The van der Waals surface area contributed by atoms with Crippen molar-refractivity contribution >= 4 is 34.9 Å². The molecule has 0 radical (unpaired) electrons. The third kappa shape index (κ3) is 7.81. The molecule has 4 aromatic rings. The fraction of sp³-hybridized carbons (Fsp3) is 0.478. The molecule has 0 amide bonds. The van der Waals surface area contributed by atoms with Gasteiger partial charge in [0.05, 0.1) is 6.61 Å². The zero-order valence-electron chi connectivity index (χ0n) is 32.7. The number of hydrogen-bond donors (Lipinski definition) is 2. The Kier molecular flexibility index (Phi) is 11.2. The van der Waals surface area contributed by atoms with Crippen LogP contribution in [0.3, 0.4) is 0 Å². The molecule has 1 saturated carbocycles. The number of rotatable bonds is 12. The fourth-order valence-corrected chi connectivity index (χ4v) is 10.5. The van der Waals surface area contributed by atoms with Gasteiger partial charge in [-0.15, -0.1) is 0 Å². The van der Waals surface area contributed by atoms with Crippen molar-refractivity contribution in [3.05, 3.63) is 111 Å². The number of carboxylic acids is 1. The SMILES string of the molecule is C[C@@H](COc1ccnc2c1[C@H](C)CCC2)C[C@H]1Cc2cc3c(cc2C12CCC(Nc1cccc(Cl)c1)(C(=O)O)CC2)O[C@H](CN(C)Cc1ccccc1Cl)CO3. The van der Waals surface area contributed by atoms with Crippen molar-refractivity contribution in [2.75, 3.05) is 32.1 Å². The zero-order valence-corrected chi connectivity index (χ0v) is 34.2. The average molecular weight is 799 g/mol. The Morgan fingerprint density at radius 1 is 1.07 bits per heavy atom. The van der Waals surface area contributed by atoms with Gasteiger partial charge >= 0.3 is 5.97 Å². The van der Waals surface area contributed by atoms with Gasteiger partial charge in [0.15, 0.2) is 11.5 Å². The summed E-state index contributed by atoms with van der Waals surface area (Å²) in [6, 6.07) is 21.8. The number of benzene rings is 3. The number of aryl methyl sites for hydroxylation is 1. The summed E-state index contributed by atoms with van der Waals surface area (Å²) in [5.74, 6) is 2.74.